The highest BCUT2D eigenvalue weighted by atomic mass is 32.2. The highest BCUT2D eigenvalue weighted by molar-refractivity contribution is 7.98. The van der Waals surface area contributed by atoms with E-state index in [0.29, 0.717) is 34.3 Å². The summed E-state index contributed by atoms with van der Waals surface area (Å²) in [6.45, 7) is 1.36. The highest BCUT2D eigenvalue weighted by Gasteiger charge is 2.37. The summed E-state index contributed by atoms with van der Waals surface area (Å²) >= 11 is 1.45. The van der Waals surface area contributed by atoms with Crippen molar-refractivity contribution in [2.45, 2.75) is 24.0 Å². The third-order valence-corrected chi connectivity index (χ3v) is 6.02. The van der Waals surface area contributed by atoms with Crippen LogP contribution in [-0.4, -0.2) is 62.5 Å². The fourth-order valence-corrected chi connectivity index (χ4v) is 4.36. The van der Waals surface area contributed by atoms with Crippen LogP contribution < -0.4 is 9.80 Å². The first-order valence-corrected chi connectivity index (χ1v) is 10.9. The molecule has 1 fully saturated rings. The van der Waals surface area contributed by atoms with Gasteiger partial charge in [-0.25, -0.2) is 14.8 Å². The SMILES string of the molecule is CSc1ncc2c(n1)N1CCCC1CN(c1cccc(-c3nnc(C(=O)O)o3)c1)C2=O. The fourth-order valence-electron chi connectivity index (χ4n) is 4.02. The van der Waals surface area contributed by atoms with Crippen LogP contribution in [0.2, 0.25) is 0 Å². The number of rotatable bonds is 4. The Morgan fingerprint density at radius 1 is 1.32 bits per heavy atom. The molecular formula is C20H18N6O4S. The Morgan fingerprint density at radius 2 is 2.19 bits per heavy atom. The Balaban J connectivity index is 1.55. The normalized spacial score (nSPS) is 18.0. The van der Waals surface area contributed by atoms with Crippen molar-refractivity contribution in [3.63, 3.8) is 0 Å². The lowest BCUT2D eigenvalue weighted by Gasteiger charge is -2.27. The van der Waals surface area contributed by atoms with E-state index in [9.17, 15) is 9.59 Å². The zero-order chi connectivity index (χ0) is 21.5. The first-order valence-electron chi connectivity index (χ1n) is 9.72. The molecule has 0 aliphatic carbocycles. The molecule has 4 heterocycles. The Labute approximate surface area is 181 Å². The molecule has 2 aliphatic heterocycles. The van der Waals surface area contributed by atoms with E-state index in [1.807, 2.05) is 12.3 Å². The number of hydrogen-bond acceptors (Lipinski definition) is 9. The van der Waals surface area contributed by atoms with Crippen molar-refractivity contribution in [3.8, 4) is 11.5 Å². The van der Waals surface area contributed by atoms with Crippen molar-refractivity contribution in [3.05, 3.63) is 41.9 Å². The summed E-state index contributed by atoms with van der Waals surface area (Å²) in [6.07, 6.45) is 5.51. The van der Waals surface area contributed by atoms with E-state index < -0.39 is 11.9 Å². The predicted molar refractivity (Wildman–Crippen MR) is 113 cm³/mol. The van der Waals surface area contributed by atoms with Crippen LogP contribution in [0.3, 0.4) is 0 Å². The second kappa shape index (κ2) is 7.65. The van der Waals surface area contributed by atoms with Crippen molar-refractivity contribution in [1.82, 2.24) is 20.2 Å². The van der Waals surface area contributed by atoms with Crippen LogP contribution in [0.4, 0.5) is 11.5 Å². The van der Waals surface area contributed by atoms with Crippen LogP contribution >= 0.6 is 11.8 Å². The minimum absolute atomic E-state index is 0.0809. The number of benzene rings is 1. The Bertz CT molecular complexity index is 1180. The standard InChI is InChI=1S/C20H18N6O4S/c1-31-20-21-9-14-15(22-20)25-7-3-6-13(25)10-26(18(14)27)12-5-2-4-11(8-12)16-23-24-17(30-16)19(28)29/h2,4-5,8-9,13H,3,6-7,10H2,1H3,(H,28,29). The molecule has 1 saturated heterocycles. The summed E-state index contributed by atoms with van der Waals surface area (Å²) in [5.41, 5.74) is 1.66. The van der Waals surface area contributed by atoms with E-state index in [2.05, 4.69) is 25.1 Å². The lowest BCUT2D eigenvalue weighted by atomic mass is 10.1. The third-order valence-electron chi connectivity index (χ3n) is 5.46. The third kappa shape index (κ3) is 3.40. The number of aromatic nitrogens is 4. The van der Waals surface area contributed by atoms with E-state index in [1.165, 1.54) is 11.8 Å². The molecule has 1 amide bonds. The molecule has 10 nitrogen and oxygen atoms in total. The van der Waals surface area contributed by atoms with Gasteiger partial charge < -0.3 is 19.3 Å². The predicted octanol–water partition coefficient (Wildman–Crippen LogP) is 2.58. The number of aromatic carboxylic acids is 1. The van der Waals surface area contributed by atoms with E-state index >= 15 is 0 Å². The maximum absolute atomic E-state index is 13.5. The van der Waals surface area contributed by atoms with Gasteiger partial charge in [0.05, 0.1) is 0 Å². The second-order valence-electron chi connectivity index (χ2n) is 7.27. The number of fused-ring (bicyclic) bond motifs is 3. The summed E-state index contributed by atoms with van der Waals surface area (Å²) in [5, 5.41) is 17.0. The van der Waals surface area contributed by atoms with E-state index in [1.54, 1.807) is 29.3 Å². The molecule has 2 aromatic heterocycles. The summed E-state index contributed by atoms with van der Waals surface area (Å²) in [6, 6.07) is 7.24. The minimum atomic E-state index is -1.29. The van der Waals surface area contributed by atoms with Gasteiger partial charge >= 0.3 is 11.9 Å². The van der Waals surface area contributed by atoms with E-state index in [0.717, 1.165) is 19.4 Å². The van der Waals surface area contributed by atoms with E-state index in [4.69, 9.17) is 9.52 Å². The van der Waals surface area contributed by atoms with Gasteiger partial charge in [0.25, 0.3) is 5.91 Å². The Morgan fingerprint density at radius 3 is 2.97 bits per heavy atom. The van der Waals surface area contributed by atoms with Gasteiger partial charge in [-0.05, 0) is 37.3 Å². The van der Waals surface area contributed by atoms with Crippen molar-refractivity contribution in [1.29, 1.82) is 0 Å². The van der Waals surface area contributed by atoms with E-state index in [-0.39, 0.29) is 17.8 Å². The van der Waals surface area contributed by atoms with Crippen molar-refractivity contribution in [2.24, 2.45) is 0 Å². The Hall–Kier alpha value is -3.47. The molecule has 0 spiro atoms. The van der Waals surface area contributed by atoms with Crippen LogP contribution in [0.15, 0.2) is 40.0 Å². The first-order chi connectivity index (χ1) is 15.0. The first kappa shape index (κ1) is 19.5. The smallest absolute Gasteiger partial charge is 0.393 e. The zero-order valence-corrected chi connectivity index (χ0v) is 17.4. The topological polar surface area (TPSA) is 126 Å². The van der Waals surface area contributed by atoms with Crippen LogP contribution in [0.5, 0.6) is 0 Å². The zero-order valence-electron chi connectivity index (χ0n) is 16.6. The molecule has 1 atom stereocenters. The highest BCUT2D eigenvalue weighted by Crippen LogP contribution is 2.35. The van der Waals surface area contributed by atoms with Crippen molar-refractivity contribution in [2.75, 3.05) is 29.1 Å². The molecule has 2 aliphatic rings. The monoisotopic (exact) mass is 438 g/mol. The maximum Gasteiger partial charge on any atom is 0.393 e. The molecule has 31 heavy (non-hydrogen) atoms. The van der Waals surface area contributed by atoms with Crippen molar-refractivity contribution >= 4 is 35.1 Å². The van der Waals surface area contributed by atoms with Gasteiger partial charge in [0.2, 0.25) is 5.89 Å². The summed E-state index contributed by atoms with van der Waals surface area (Å²) in [4.78, 5) is 37.4. The number of nitrogens with zero attached hydrogens (tertiary/aromatic N) is 6. The molecule has 3 aromatic rings. The number of anilines is 2. The van der Waals surface area contributed by atoms with Crippen molar-refractivity contribution < 1.29 is 19.1 Å². The van der Waals surface area contributed by atoms with Gasteiger partial charge in [-0.1, -0.05) is 17.8 Å². The summed E-state index contributed by atoms with van der Waals surface area (Å²) in [7, 11) is 0. The number of amides is 1. The number of carbonyl (C=O) groups is 2. The fraction of sp³-hybridized carbons (Fsp3) is 0.300. The van der Waals surface area contributed by atoms with Crippen LogP contribution in [-0.2, 0) is 0 Å². The van der Waals surface area contributed by atoms with Gasteiger partial charge in [-0.3, -0.25) is 4.79 Å². The van der Waals surface area contributed by atoms with Crippen LogP contribution in [0.25, 0.3) is 11.5 Å². The number of carboxylic acids is 1. The summed E-state index contributed by atoms with van der Waals surface area (Å²) in [5.74, 6) is -1.18. The molecule has 1 unspecified atom stereocenters. The molecule has 158 valence electrons. The molecule has 0 radical (unpaired) electrons. The second-order valence-corrected chi connectivity index (χ2v) is 8.04. The van der Waals surface area contributed by atoms with Gasteiger partial charge in [0, 0.05) is 36.6 Å². The molecule has 1 N–H and O–H groups in total. The number of carbonyl (C=O) groups excluding carboxylic acids is 1. The average Bonchev–Trinajstić information content (AvgIpc) is 3.45. The minimum Gasteiger partial charge on any atom is -0.474 e. The largest absolute Gasteiger partial charge is 0.474 e. The molecule has 0 bridgehead atoms. The van der Waals surface area contributed by atoms with Crippen LogP contribution in [0, 0.1) is 0 Å². The Kier molecular flexibility index (Phi) is 4.81. The van der Waals surface area contributed by atoms with Gasteiger partial charge in [0.1, 0.15) is 11.4 Å². The number of thioether (sulfide) groups is 1. The summed E-state index contributed by atoms with van der Waals surface area (Å²) < 4.78 is 5.22. The molecular weight excluding hydrogens is 420 g/mol. The van der Waals surface area contributed by atoms with Gasteiger partial charge in [-0.2, -0.15) is 0 Å². The molecule has 0 saturated carbocycles. The lowest BCUT2D eigenvalue weighted by Crippen LogP contribution is -2.39. The number of hydrogen-bond donors (Lipinski definition) is 1. The quantitative estimate of drug-likeness (QED) is 0.480. The molecule has 11 heteroatoms. The molecule has 1 aromatic carbocycles. The van der Waals surface area contributed by atoms with Gasteiger partial charge in [-0.15, -0.1) is 10.2 Å². The van der Waals surface area contributed by atoms with Crippen LogP contribution in [0.1, 0.15) is 33.9 Å². The maximum atomic E-state index is 13.5. The average molecular weight is 438 g/mol. The lowest BCUT2D eigenvalue weighted by molar-refractivity contribution is 0.0654. The molecule has 5 rings (SSSR count). The van der Waals surface area contributed by atoms with Gasteiger partial charge in [0.15, 0.2) is 5.16 Å². The number of carboxylic acid groups (broad SMARTS) is 1.